The monoisotopic (exact) mass is 285 g/mol. The number of unbranched alkanes of at least 4 members (excludes halogenated alkanes) is 3. The molecule has 0 amide bonds. The lowest BCUT2D eigenvalue weighted by molar-refractivity contribution is 0.573. The lowest BCUT2D eigenvalue weighted by Crippen LogP contribution is -2.25. The summed E-state index contributed by atoms with van der Waals surface area (Å²) < 4.78 is 26.7. The van der Waals surface area contributed by atoms with Gasteiger partial charge in [0.25, 0.3) is 0 Å². The molecule has 1 aromatic rings. The molecule has 108 valence electrons. The fourth-order valence-corrected chi connectivity index (χ4v) is 2.78. The van der Waals surface area contributed by atoms with E-state index < -0.39 is 10.0 Å². The Labute approximate surface area is 115 Å². The van der Waals surface area contributed by atoms with Crippen molar-refractivity contribution in [1.29, 1.82) is 0 Å². The molecule has 0 spiro atoms. The summed E-state index contributed by atoms with van der Waals surface area (Å²) >= 11 is 0. The van der Waals surface area contributed by atoms with Gasteiger partial charge in [-0.25, -0.2) is 18.1 Å². The number of nitrogens with one attached hydrogen (secondary N) is 2. The van der Waals surface area contributed by atoms with Crippen LogP contribution in [-0.4, -0.2) is 26.5 Å². The van der Waals surface area contributed by atoms with Crippen molar-refractivity contribution in [2.24, 2.45) is 0 Å². The minimum atomic E-state index is -3.42. The van der Waals surface area contributed by atoms with Crippen LogP contribution in [0.4, 0.5) is 5.82 Å². The van der Waals surface area contributed by atoms with Gasteiger partial charge in [0, 0.05) is 25.4 Å². The third kappa shape index (κ3) is 5.57. The number of sulfonamides is 1. The average Bonchev–Trinajstić information content (AvgIpc) is 2.39. The molecule has 0 fully saturated rings. The zero-order chi connectivity index (χ0) is 14.1. The summed E-state index contributed by atoms with van der Waals surface area (Å²) in [4.78, 5) is 4.32. The highest BCUT2D eigenvalue weighted by Crippen LogP contribution is 2.12. The summed E-state index contributed by atoms with van der Waals surface area (Å²) in [5.41, 5.74) is 0. The Morgan fingerprint density at radius 1 is 1.21 bits per heavy atom. The maximum atomic E-state index is 12.1. The van der Waals surface area contributed by atoms with E-state index in [-0.39, 0.29) is 4.90 Å². The Bertz CT molecular complexity index is 475. The molecule has 0 saturated heterocycles. The summed E-state index contributed by atoms with van der Waals surface area (Å²) in [6.07, 6.45) is 5.71. The molecule has 0 unspecified atom stereocenters. The Morgan fingerprint density at radius 2 is 2.00 bits per heavy atom. The molecule has 2 N–H and O–H groups in total. The van der Waals surface area contributed by atoms with Crippen LogP contribution in [0.1, 0.15) is 39.5 Å². The van der Waals surface area contributed by atoms with E-state index in [2.05, 4.69) is 21.9 Å². The molecule has 1 aromatic heterocycles. The Hall–Kier alpha value is -1.14. The van der Waals surface area contributed by atoms with E-state index in [4.69, 9.17) is 0 Å². The van der Waals surface area contributed by atoms with Crippen LogP contribution in [-0.2, 0) is 10.0 Å². The number of rotatable bonds is 9. The number of anilines is 1. The van der Waals surface area contributed by atoms with Crippen molar-refractivity contribution in [3.63, 3.8) is 0 Å². The molecule has 0 aromatic carbocycles. The van der Waals surface area contributed by atoms with Crippen molar-refractivity contribution in [2.45, 2.75) is 44.4 Å². The first-order valence-corrected chi connectivity index (χ1v) is 8.28. The Morgan fingerprint density at radius 3 is 2.68 bits per heavy atom. The van der Waals surface area contributed by atoms with E-state index in [1.165, 1.54) is 12.3 Å². The van der Waals surface area contributed by atoms with Crippen molar-refractivity contribution in [3.8, 4) is 0 Å². The van der Waals surface area contributed by atoms with Gasteiger partial charge in [0.1, 0.15) is 5.82 Å². The molecular weight excluding hydrogens is 262 g/mol. The van der Waals surface area contributed by atoms with Crippen molar-refractivity contribution in [1.82, 2.24) is 9.71 Å². The molecule has 0 aliphatic carbocycles. The minimum Gasteiger partial charge on any atom is -0.370 e. The molecule has 6 heteroatoms. The van der Waals surface area contributed by atoms with Gasteiger partial charge in [-0.2, -0.15) is 0 Å². The van der Waals surface area contributed by atoms with Gasteiger partial charge in [-0.15, -0.1) is 0 Å². The molecule has 19 heavy (non-hydrogen) atoms. The van der Waals surface area contributed by atoms with Gasteiger partial charge in [-0.3, -0.25) is 0 Å². The molecule has 0 radical (unpaired) electrons. The molecule has 1 heterocycles. The van der Waals surface area contributed by atoms with E-state index in [0.717, 1.165) is 25.7 Å². The van der Waals surface area contributed by atoms with Crippen LogP contribution < -0.4 is 10.0 Å². The second-order valence-corrected chi connectivity index (χ2v) is 6.13. The van der Waals surface area contributed by atoms with Gasteiger partial charge in [0.05, 0.1) is 4.90 Å². The highest BCUT2D eigenvalue weighted by Gasteiger charge is 2.13. The SMILES string of the molecule is CCCCCCNS(=O)(=O)c1ccnc(NCC)c1. The van der Waals surface area contributed by atoms with E-state index in [1.54, 1.807) is 6.07 Å². The molecule has 0 atom stereocenters. The average molecular weight is 285 g/mol. The normalized spacial score (nSPS) is 11.5. The molecule has 1 rings (SSSR count). The van der Waals surface area contributed by atoms with Crippen LogP contribution in [0.15, 0.2) is 23.2 Å². The predicted octanol–water partition coefficient (Wildman–Crippen LogP) is 2.37. The van der Waals surface area contributed by atoms with Gasteiger partial charge in [0.2, 0.25) is 10.0 Å². The van der Waals surface area contributed by atoms with E-state index in [1.807, 2.05) is 6.92 Å². The fourth-order valence-electron chi connectivity index (χ4n) is 1.70. The molecule has 0 aliphatic rings. The summed E-state index contributed by atoms with van der Waals surface area (Å²) in [5, 5.41) is 3.00. The number of nitrogens with zero attached hydrogens (tertiary/aromatic N) is 1. The topological polar surface area (TPSA) is 71.1 Å². The van der Waals surface area contributed by atoms with Crippen LogP contribution in [0.25, 0.3) is 0 Å². The molecule has 5 nitrogen and oxygen atoms in total. The summed E-state index contributed by atoms with van der Waals surface area (Å²) in [6.45, 7) is 5.26. The Kier molecular flexibility index (Phi) is 6.80. The zero-order valence-corrected chi connectivity index (χ0v) is 12.5. The molecular formula is C13H23N3O2S. The van der Waals surface area contributed by atoms with Gasteiger partial charge in [-0.05, 0) is 19.4 Å². The minimum absolute atomic E-state index is 0.258. The lowest BCUT2D eigenvalue weighted by Gasteiger charge is -2.08. The quantitative estimate of drug-likeness (QED) is 0.683. The van der Waals surface area contributed by atoms with Crippen molar-refractivity contribution >= 4 is 15.8 Å². The first-order chi connectivity index (χ1) is 9.10. The van der Waals surface area contributed by atoms with Gasteiger partial charge >= 0.3 is 0 Å². The van der Waals surface area contributed by atoms with E-state index in [0.29, 0.717) is 18.9 Å². The number of hydrogen-bond donors (Lipinski definition) is 2. The molecule has 0 bridgehead atoms. The van der Waals surface area contributed by atoms with E-state index >= 15 is 0 Å². The van der Waals surface area contributed by atoms with Gasteiger partial charge in [-0.1, -0.05) is 26.2 Å². The summed E-state index contributed by atoms with van der Waals surface area (Å²) in [7, 11) is -3.42. The van der Waals surface area contributed by atoms with Gasteiger partial charge < -0.3 is 5.32 Å². The lowest BCUT2D eigenvalue weighted by atomic mass is 10.2. The summed E-state index contributed by atoms with van der Waals surface area (Å²) in [5.74, 6) is 0.580. The number of aromatic nitrogens is 1. The first kappa shape index (κ1) is 15.9. The van der Waals surface area contributed by atoms with E-state index in [9.17, 15) is 8.42 Å². The van der Waals surface area contributed by atoms with Crippen LogP contribution in [0.2, 0.25) is 0 Å². The molecule has 0 saturated carbocycles. The molecule has 0 aliphatic heterocycles. The van der Waals surface area contributed by atoms with Crippen LogP contribution in [0.3, 0.4) is 0 Å². The zero-order valence-electron chi connectivity index (χ0n) is 11.6. The number of pyridine rings is 1. The number of hydrogen-bond acceptors (Lipinski definition) is 4. The fraction of sp³-hybridized carbons (Fsp3) is 0.615. The largest absolute Gasteiger partial charge is 0.370 e. The standard InChI is InChI=1S/C13H23N3O2S/c1-3-5-6-7-9-16-19(17,18)12-8-10-15-13(11-12)14-4-2/h8,10-11,16H,3-7,9H2,1-2H3,(H,14,15). The van der Waals surface area contributed by atoms with Crippen molar-refractivity contribution in [2.75, 3.05) is 18.4 Å². The maximum absolute atomic E-state index is 12.1. The predicted molar refractivity (Wildman–Crippen MR) is 77.7 cm³/mol. The Balaban J connectivity index is 2.58. The highest BCUT2D eigenvalue weighted by molar-refractivity contribution is 7.89. The summed E-state index contributed by atoms with van der Waals surface area (Å²) in [6, 6.07) is 3.06. The van der Waals surface area contributed by atoms with Crippen molar-refractivity contribution < 1.29 is 8.42 Å². The van der Waals surface area contributed by atoms with Crippen LogP contribution >= 0.6 is 0 Å². The van der Waals surface area contributed by atoms with Crippen LogP contribution in [0, 0.1) is 0 Å². The first-order valence-electron chi connectivity index (χ1n) is 6.79. The maximum Gasteiger partial charge on any atom is 0.240 e. The van der Waals surface area contributed by atoms with Crippen LogP contribution in [0.5, 0.6) is 0 Å². The van der Waals surface area contributed by atoms with Crippen molar-refractivity contribution in [3.05, 3.63) is 18.3 Å². The third-order valence-corrected chi connectivity index (χ3v) is 4.18. The smallest absolute Gasteiger partial charge is 0.240 e. The third-order valence-electron chi connectivity index (χ3n) is 2.72. The second-order valence-electron chi connectivity index (χ2n) is 4.37. The van der Waals surface area contributed by atoms with Gasteiger partial charge in [0.15, 0.2) is 0 Å². The second kappa shape index (κ2) is 8.12. The highest BCUT2D eigenvalue weighted by atomic mass is 32.2.